The molecule has 2 unspecified atom stereocenters. The lowest BCUT2D eigenvalue weighted by molar-refractivity contribution is 0.130. The number of hydrogen-bond acceptors (Lipinski definition) is 4. The summed E-state index contributed by atoms with van der Waals surface area (Å²) >= 11 is 1.95. The second-order valence-electron chi connectivity index (χ2n) is 4.55. The maximum Gasteiger partial charge on any atom is 0.0615 e. The number of nitrogens with one attached hydrogen (secondary N) is 1. The first kappa shape index (κ1) is 14.3. The molecule has 2 N–H and O–H groups in total. The van der Waals surface area contributed by atoms with Gasteiger partial charge in [0.15, 0.2) is 0 Å². The molecule has 3 nitrogen and oxygen atoms in total. The topological polar surface area (TPSA) is 41.5 Å². The third-order valence-electron chi connectivity index (χ3n) is 3.78. The van der Waals surface area contributed by atoms with Gasteiger partial charge in [-0.3, -0.25) is 0 Å². The summed E-state index contributed by atoms with van der Waals surface area (Å²) in [5.74, 6) is 2.89. The highest BCUT2D eigenvalue weighted by Crippen LogP contribution is 2.37. The molecule has 0 heterocycles. The molecule has 0 bridgehead atoms. The van der Waals surface area contributed by atoms with Crippen LogP contribution in [-0.4, -0.2) is 49.5 Å². The molecule has 0 radical (unpaired) electrons. The zero-order valence-corrected chi connectivity index (χ0v) is 11.3. The van der Waals surface area contributed by atoms with E-state index in [0.29, 0.717) is 5.92 Å². The minimum atomic E-state index is 0.00180. The van der Waals surface area contributed by atoms with Crippen molar-refractivity contribution in [3.63, 3.8) is 0 Å². The van der Waals surface area contributed by atoms with Crippen molar-refractivity contribution >= 4 is 11.8 Å². The van der Waals surface area contributed by atoms with Gasteiger partial charge in [0.2, 0.25) is 0 Å². The van der Waals surface area contributed by atoms with Crippen LogP contribution in [-0.2, 0) is 4.74 Å². The maximum atomic E-state index is 9.54. The van der Waals surface area contributed by atoms with E-state index < -0.39 is 0 Å². The van der Waals surface area contributed by atoms with Gasteiger partial charge in [0.05, 0.1) is 13.2 Å². The summed E-state index contributed by atoms with van der Waals surface area (Å²) in [6.07, 6.45) is 4.82. The lowest BCUT2D eigenvalue weighted by Crippen LogP contribution is -2.49. The molecule has 16 heavy (non-hydrogen) atoms. The lowest BCUT2D eigenvalue weighted by Gasteiger charge is -2.33. The van der Waals surface area contributed by atoms with Gasteiger partial charge in [0.25, 0.3) is 0 Å². The van der Waals surface area contributed by atoms with Gasteiger partial charge in [-0.25, -0.2) is 0 Å². The van der Waals surface area contributed by atoms with Crippen LogP contribution in [0, 0.1) is 5.92 Å². The molecule has 2 atom stereocenters. The van der Waals surface area contributed by atoms with Gasteiger partial charge in [-0.2, -0.15) is 11.8 Å². The summed E-state index contributed by atoms with van der Waals surface area (Å²) in [6, 6.07) is 0. The number of thioether (sulfide) groups is 1. The van der Waals surface area contributed by atoms with Crippen LogP contribution in [0.5, 0.6) is 0 Å². The van der Waals surface area contributed by atoms with Gasteiger partial charge in [-0.15, -0.1) is 0 Å². The van der Waals surface area contributed by atoms with Gasteiger partial charge < -0.3 is 15.2 Å². The van der Waals surface area contributed by atoms with E-state index >= 15 is 0 Å². The lowest BCUT2D eigenvalue weighted by atomic mass is 9.86. The molecular formula is C12H25NO2S. The molecule has 0 spiro atoms. The SMILES string of the molecule is CNC1(CO)CCCC1CCSCCOC. The van der Waals surface area contributed by atoms with Crippen LogP contribution in [0.4, 0.5) is 0 Å². The third-order valence-corrected chi connectivity index (χ3v) is 4.76. The number of methoxy groups -OCH3 is 1. The Labute approximate surface area is 103 Å². The van der Waals surface area contributed by atoms with Crippen LogP contribution in [0.25, 0.3) is 0 Å². The molecule has 0 aromatic heterocycles. The molecule has 0 aromatic rings. The molecule has 1 aliphatic rings. The molecule has 1 rings (SSSR count). The van der Waals surface area contributed by atoms with E-state index in [1.165, 1.54) is 25.0 Å². The van der Waals surface area contributed by atoms with Gasteiger partial charge in [-0.1, -0.05) is 6.42 Å². The van der Waals surface area contributed by atoms with Crippen molar-refractivity contribution in [2.45, 2.75) is 31.2 Å². The van der Waals surface area contributed by atoms with E-state index in [1.54, 1.807) is 7.11 Å². The summed E-state index contributed by atoms with van der Waals surface area (Å²) in [4.78, 5) is 0. The van der Waals surface area contributed by atoms with Gasteiger partial charge in [-0.05, 0) is 38.0 Å². The number of aliphatic hydroxyl groups excluding tert-OH is 1. The van der Waals surface area contributed by atoms with E-state index in [-0.39, 0.29) is 12.1 Å². The minimum Gasteiger partial charge on any atom is -0.394 e. The average molecular weight is 247 g/mol. The second kappa shape index (κ2) is 7.54. The van der Waals surface area contributed by atoms with Crippen molar-refractivity contribution in [3.8, 4) is 0 Å². The summed E-state index contributed by atoms with van der Waals surface area (Å²) in [5, 5.41) is 12.9. The monoisotopic (exact) mass is 247 g/mol. The molecular weight excluding hydrogens is 222 g/mol. The summed E-state index contributed by atoms with van der Waals surface area (Å²) in [6.45, 7) is 1.11. The Kier molecular flexibility index (Phi) is 6.73. The van der Waals surface area contributed by atoms with Gasteiger partial charge in [0.1, 0.15) is 0 Å². The summed E-state index contributed by atoms with van der Waals surface area (Å²) in [7, 11) is 3.72. The fourth-order valence-corrected chi connectivity index (χ4v) is 3.59. The smallest absolute Gasteiger partial charge is 0.0615 e. The average Bonchev–Trinajstić information content (AvgIpc) is 2.72. The maximum absolute atomic E-state index is 9.54. The Morgan fingerprint density at radius 3 is 2.94 bits per heavy atom. The minimum absolute atomic E-state index is 0.00180. The van der Waals surface area contributed by atoms with E-state index in [2.05, 4.69) is 5.32 Å². The molecule has 1 saturated carbocycles. The first-order valence-electron chi connectivity index (χ1n) is 6.15. The molecule has 1 aliphatic carbocycles. The summed E-state index contributed by atoms with van der Waals surface area (Å²) < 4.78 is 5.02. The number of aliphatic hydroxyl groups is 1. The largest absolute Gasteiger partial charge is 0.394 e. The van der Waals surface area contributed by atoms with Gasteiger partial charge in [0, 0.05) is 18.4 Å². The second-order valence-corrected chi connectivity index (χ2v) is 5.77. The highest BCUT2D eigenvalue weighted by atomic mass is 32.2. The highest BCUT2D eigenvalue weighted by molar-refractivity contribution is 7.99. The van der Waals surface area contributed by atoms with Crippen molar-refractivity contribution < 1.29 is 9.84 Å². The van der Waals surface area contributed by atoms with Crippen molar-refractivity contribution in [2.75, 3.05) is 38.9 Å². The highest BCUT2D eigenvalue weighted by Gasteiger charge is 2.40. The molecule has 0 amide bonds. The van der Waals surface area contributed by atoms with Crippen LogP contribution in [0.3, 0.4) is 0 Å². The molecule has 1 fully saturated rings. The number of likely N-dealkylation sites (N-methyl/N-ethyl adjacent to an activating group) is 1. The molecule has 4 heteroatoms. The van der Waals surface area contributed by atoms with E-state index in [1.807, 2.05) is 18.8 Å². The van der Waals surface area contributed by atoms with Gasteiger partial charge >= 0.3 is 0 Å². The summed E-state index contributed by atoms with van der Waals surface area (Å²) in [5.41, 5.74) is 0.00180. The predicted molar refractivity (Wildman–Crippen MR) is 70.0 cm³/mol. The number of ether oxygens (including phenoxy) is 1. The van der Waals surface area contributed by atoms with Crippen LogP contribution >= 0.6 is 11.8 Å². The number of rotatable bonds is 8. The Balaban J connectivity index is 2.24. The first-order chi connectivity index (χ1) is 7.79. The normalized spacial score (nSPS) is 29.8. The van der Waals surface area contributed by atoms with Crippen molar-refractivity contribution in [1.82, 2.24) is 5.32 Å². The standard InChI is InChI=1S/C12H25NO2S/c1-13-12(10-14)6-3-4-11(12)5-8-16-9-7-15-2/h11,13-14H,3-10H2,1-2H3. The van der Waals surface area contributed by atoms with E-state index in [4.69, 9.17) is 4.74 Å². The quantitative estimate of drug-likeness (QED) is 0.638. The van der Waals surface area contributed by atoms with Crippen molar-refractivity contribution in [1.29, 1.82) is 0 Å². The fraction of sp³-hybridized carbons (Fsp3) is 1.00. The van der Waals surface area contributed by atoms with E-state index in [9.17, 15) is 5.11 Å². The number of hydrogen-bond donors (Lipinski definition) is 2. The molecule has 0 aromatic carbocycles. The first-order valence-corrected chi connectivity index (χ1v) is 7.31. The van der Waals surface area contributed by atoms with Crippen molar-refractivity contribution in [2.24, 2.45) is 5.92 Å². The van der Waals surface area contributed by atoms with E-state index in [0.717, 1.165) is 18.8 Å². The zero-order valence-electron chi connectivity index (χ0n) is 10.5. The molecule has 96 valence electrons. The van der Waals surface area contributed by atoms with Crippen LogP contribution in [0.2, 0.25) is 0 Å². The third kappa shape index (κ3) is 3.62. The molecule has 0 saturated heterocycles. The predicted octanol–water partition coefficient (Wildman–Crippen LogP) is 1.51. The Bertz CT molecular complexity index is 186. The Morgan fingerprint density at radius 1 is 1.50 bits per heavy atom. The van der Waals surface area contributed by atoms with Crippen molar-refractivity contribution in [3.05, 3.63) is 0 Å². The molecule has 0 aliphatic heterocycles. The van der Waals surface area contributed by atoms with Crippen LogP contribution < -0.4 is 5.32 Å². The zero-order chi connectivity index (χ0) is 11.9. The Morgan fingerprint density at radius 2 is 2.31 bits per heavy atom. The fourth-order valence-electron chi connectivity index (χ4n) is 2.65. The Hall–Kier alpha value is 0.230. The van der Waals surface area contributed by atoms with Crippen LogP contribution in [0.15, 0.2) is 0 Å². The van der Waals surface area contributed by atoms with Crippen LogP contribution in [0.1, 0.15) is 25.7 Å².